The standard InChI is InChI=1S/C22H23N3O3S/c1-14-4-7-18(8-5-14)28-12-22-24-17(13-29-22)11-21(27)25-20-10-15(2)6-9-19(20)23-16(3)26/h4-10,13H,11-12H2,1-3H3,(H,23,26)(H,25,27). The van der Waals surface area contributed by atoms with Crippen LogP contribution in [0.4, 0.5) is 11.4 Å². The van der Waals surface area contributed by atoms with E-state index in [4.69, 9.17) is 4.74 Å². The van der Waals surface area contributed by atoms with Gasteiger partial charge in [0.25, 0.3) is 0 Å². The number of anilines is 2. The van der Waals surface area contributed by atoms with E-state index in [1.54, 1.807) is 6.07 Å². The summed E-state index contributed by atoms with van der Waals surface area (Å²) >= 11 is 1.46. The molecule has 0 atom stereocenters. The van der Waals surface area contributed by atoms with Gasteiger partial charge in [-0.1, -0.05) is 23.8 Å². The Morgan fingerprint density at radius 1 is 1.00 bits per heavy atom. The number of thiazole rings is 1. The van der Waals surface area contributed by atoms with E-state index in [-0.39, 0.29) is 18.2 Å². The Kier molecular flexibility index (Phi) is 6.61. The SMILES string of the molecule is CC(=O)Nc1ccc(C)cc1NC(=O)Cc1csc(COc2ccc(C)cc2)n1. The monoisotopic (exact) mass is 409 g/mol. The Morgan fingerprint density at radius 2 is 1.72 bits per heavy atom. The second-order valence-electron chi connectivity index (χ2n) is 6.79. The smallest absolute Gasteiger partial charge is 0.230 e. The van der Waals surface area contributed by atoms with Gasteiger partial charge in [-0.05, 0) is 43.7 Å². The normalized spacial score (nSPS) is 10.4. The minimum atomic E-state index is -0.196. The number of nitrogens with one attached hydrogen (secondary N) is 2. The maximum Gasteiger partial charge on any atom is 0.230 e. The first kappa shape index (κ1) is 20.5. The quantitative estimate of drug-likeness (QED) is 0.603. The zero-order chi connectivity index (χ0) is 20.8. The molecule has 0 aliphatic rings. The molecule has 6 nitrogen and oxygen atoms in total. The van der Waals surface area contributed by atoms with Gasteiger partial charge < -0.3 is 15.4 Å². The highest BCUT2D eigenvalue weighted by Gasteiger charge is 2.12. The van der Waals surface area contributed by atoms with Crippen molar-refractivity contribution in [3.63, 3.8) is 0 Å². The maximum absolute atomic E-state index is 12.5. The van der Waals surface area contributed by atoms with Crippen LogP contribution in [0.2, 0.25) is 0 Å². The molecule has 0 saturated heterocycles. The molecule has 0 saturated carbocycles. The number of hydrogen-bond acceptors (Lipinski definition) is 5. The van der Waals surface area contributed by atoms with Gasteiger partial charge in [0.2, 0.25) is 11.8 Å². The van der Waals surface area contributed by atoms with E-state index in [0.29, 0.717) is 23.7 Å². The molecule has 7 heteroatoms. The topological polar surface area (TPSA) is 80.3 Å². The summed E-state index contributed by atoms with van der Waals surface area (Å²) in [5.74, 6) is 0.399. The van der Waals surface area contributed by atoms with Crippen molar-refractivity contribution in [2.45, 2.75) is 33.8 Å². The van der Waals surface area contributed by atoms with Gasteiger partial charge in [-0.15, -0.1) is 11.3 Å². The summed E-state index contributed by atoms with van der Waals surface area (Å²) in [7, 11) is 0. The van der Waals surface area contributed by atoms with E-state index in [1.165, 1.54) is 23.8 Å². The number of aromatic nitrogens is 1. The van der Waals surface area contributed by atoms with Crippen LogP contribution in [0.15, 0.2) is 47.8 Å². The average Bonchev–Trinajstić information content (AvgIpc) is 3.10. The van der Waals surface area contributed by atoms with E-state index < -0.39 is 0 Å². The molecule has 1 aromatic heterocycles. The van der Waals surface area contributed by atoms with Crippen molar-refractivity contribution in [3.05, 3.63) is 69.7 Å². The number of aryl methyl sites for hydroxylation is 2. The number of benzene rings is 2. The minimum absolute atomic E-state index is 0.147. The third kappa shape index (κ3) is 6.15. The molecule has 0 aliphatic heterocycles. The summed E-state index contributed by atoms with van der Waals surface area (Å²) in [6.07, 6.45) is 0.147. The molecule has 0 spiro atoms. The van der Waals surface area contributed by atoms with Crippen molar-refractivity contribution < 1.29 is 14.3 Å². The van der Waals surface area contributed by atoms with Gasteiger partial charge in [0, 0.05) is 12.3 Å². The Bertz CT molecular complexity index is 1010. The number of carbonyl (C=O) groups excluding carboxylic acids is 2. The summed E-state index contributed by atoms with van der Waals surface area (Å²) in [5, 5.41) is 8.25. The molecule has 2 aromatic carbocycles. The first-order valence-corrected chi connectivity index (χ1v) is 10.1. The van der Waals surface area contributed by atoms with E-state index >= 15 is 0 Å². The largest absolute Gasteiger partial charge is 0.486 e. The van der Waals surface area contributed by atoms with Gasteiger partial charge in [-0.2, -0.15) is 0 Å². The molecule has 29 heavy (non-hydrogen) atoms. The molecular weight excluding hydrogens is 386 g/mol. The van der Waals surface area contributed by atoms with Crippen molar-refractivity contribution in [3.8, 4) is 5.75 Å². The Balaban J connectivity index is 1.58. The van der Waals surface area contributed by atoms with Crippen LogP contribution in [0.5, 0.6) is 5.75 Å². The number of rotatable bonds is 7. The molecule has 3 aromatic rings. The number of hydrogen-bond donors (Lipinski definition) is 2. The Labute approximate surface area is 173 Å². The molecule has 3 rings (SSSR count). The lowest BCUT2D eigenvalue weighted by Crippen LogP contribution is -2.17. The summed E-state index contributed by atoms with van der Waals surface area (Å²) in [6, 6.07) is 13.3. The van der Waals surface area contributed by atoms with Gasteiger partial charge in [-0.25, -0.2) is 4.98 Å². The Morgan fingerprint density at radius 3 is 2.45 bits per heavy atom. The molecule has 2 amide bonds. The minimum Gasteiger partial charge on any atom is -0.486 e. The first-order valence-electron chi connectivity index (χ1n) is 9.20. The van der Waals surface area contributed by atoms with E-state index in [0.717, 1.165) is 16.3 Å². The molecule has 0 aliphatic carbocycles. The summed E-state index contributed by atoms with van der Waals surface area (Å²) in [4.78, 5) is 28.3. The number of amides is 2. The average molecular weight is 410 g/mol. The molecular formula is C22H23N3O3S. The van der Waals surface area contributed by atoms with Crippen LogP contribution in [-0.2, 0) is 22.6 Å². The van der Waals surface area contributed by atoms with Crippen LogP contribution in [0.25, 0.3) is 0 Å². The van der Waals surface area contributed by atoms with Gasteiger partial charge in [0.1, 0.15) is 17.4 Å². The van der Waals surface area contributed by atoms with Crippen molar-refractivity contribution in [2.24, 2.45) is 0 Å². The van der Waals surface area contributed by atoms with Crippen LogP contribution < -0.4 is 15.4 Å². The maximum atomic E-state index is 12.5. The van der Waals surface area contributed by atoms with Crippen molar-refractivity contribution in [1.29, 1.82) is 0 Å². The molecule has 0 unspecified atom stereocenters. The van der Waals surface area contributed by atoms with Crippen molar-refractivity contribution in [1.82, 2.24) is 4.98 Å². The zero-order valence-electron chi connectivity index (χ0n) is 16.6. The van der Waals surface area contributed by atoms with E-state index in [9.17, 15) is 9.59 Å². The molecule has 0 bridgehead atoms. The number of ether oxygens (including phenoxy) is 1. The Hall–Kier alpha value is -3.19. The summed E-state index contributed by atoms with van der Waals surface area (Å²) in [6.45, 7) is 5.74. The molecule has 2 N–H and O–H groups in total. The second kappa shape index (κ2) is 9.34. The molecule has 0 radical (unpaired) electrons. The third-order valence-corrected chi connectivity index (χ3v) is 4.96. The lowest BCUT2D eigenvalue weighted by molar-refractivity contribution is -0.116. The second-order valence-corrected chi connectivity index (χ2v) is 7.73. The van der Waals surface area contributed by atoms with Gasteiger partial charge >= 0.3 is 0 Å². The van der Waals surface area contributed by atoms with Crippen LogP contribution in [0, 0.1) is 13.8 Å². The van der Waals surface area contributed by atoms with E-state index in [2.05, 4.69) is 15.6 Å². The fourth-order valence-electron chi connectivity index (χ4n) is 2.70. The van der Waals surface area contributed by atoms with Crippen LogP contribution >= 0.6 is 11.3 Å². The zero-order valence-corrected chi connectivity index (χ0v) is 17.4. The third-order valence-electron chi connectivity index (χ3n) is 4.08. The highest BCUT2D eigenvalue weighted by molar-refractivity contribution is 7.09. The lowest BCUT2D eigenvalue weighted by Gasteiger charge is -2.12. The van der Waals surface area contributed by atoms with Gasteiger partial charge in [0.15, 0.2) is 0 Å². The van der Waals surface area contributed by atoms with Crippen molar-refractivity contribution in [2.75, 3.05) is 10.6 Å². The fourth-order valence-corrected chi connectivity index (χ4v) is 3.40. The van der Waals surface area contributed by atoms with Crippen LogP contribution in [0.3, 0.4) is 0 Å². The predicted molar refractivity (Wildman–Crippen MR) is 115 cm³/mol. The highest BCUT2D eigenvalue weighted by Crippen LogP contribution is 2.23. The summed E-state index contributed by atoms with van der Waals surface area (Å²) < 4.78 is 5.73. The molecule has 0 fully saturated rings. The van der Waals surface area contributed by atoms with Gasteiger partial charge in [-0.3, -0.25) is 9.59 Å². The predicted octanol–water partition coefficient (Wildman–Crippen LogP) is 4.48. The van der Waals surface area contributed by atoms with Crippen LogP contribution in [0.1, 0.15) is 28.8 Å². The molecule has 1 heterocycles. The summed E-state index contributed by atoms with van der Waals surface area (Å²) in [5.41, 5.74) is 3.99. The fraction of sp³-hybridized carbons (Fsp3) is 0.227. The lowest BCUT2D eigenvalue weighted by atomic mass is 10.2. The number of carbonyl (C=O) groups is 2. The molecule has 150 valence electrons. The van der Waals surface area contributed by atoms with Crippen molar-refractivity contribution >= 4 is 34.5 Å². The first-order chi connectivity index (χ1) is 13.9. The number of nitrogens with zero attached hydrogens (tertiary/aromatic N) is 1. The highest BCUT2D eigenvalue weighted by atomic mass is 32.1. The van der Waals surface area contributed by atoms with Crippen LogP contribution in [-0.4, -0.2) is 16.8 Å². The van der Waals surface area contributed by atoms with E-state index in [1.807, 2.05) is 55.6 Å². The van der Waals surface area contributed by atoms with Gasteiger partial charge in [0.05, 0.1) is 23.5 Å².